The minimum Gasteiger partial charge on any atom is -0.334 e. The van der Waals surface area contributed by atoms with Gasteiger partial charge in [-0.15, -0.1) is 0 Å². The molecule has 0 aromatic heterocycles. The molecule has 3 amide bonds. The van der Waals surface area contributed by atoms with E-state index < -0.39 is 46.8 Å². The van der Waals surface area contributed by atoms with Crippen molar-refractivity contribution < 1.29 is 24.1 Å². The zero-order valence-electron chi connectivity index (χ0n) is 18.1. The highest BCUT2D eigenvalue weighted by Gasteiger charge is 2.37. The van der Waals surface area contributed by atoms with Crippen LogP contribution in [0.5, 0.6) is 0 Å². The highest BCUT2D eigenvalue weighted by Crippen LogP contribution is 2.29. The third kappa shape index (κ3) is 4.40. The molecule has 0 bridgehead atoms. The largest absolute Gasteiger partial charge is 0.334 e. The van der Waals surface area contributed by atoms with Gasteiger partial charge in [0.2, 0.25) is 5.91 Å². The lowest BCUT2D eigenvalue weighted by Gasteiger charge is -2.22. The van der Waals surface area contributed by atoms with E-state index in [0.717, 1.165) is 4.90 Å². The Morgan fingerprint density at radius 2 is 1.51 bits per heavy atom. The number of rotatable bonds is 8. The van der Waals surface area contributed by atoms with Crippen LogP contribution in [-0.4, -0.2) is 39.9 Å². The average Bonchev–Trinajstić information content (AvgIpc) is 3.11. The summed E-state index contributed by atoms with van der Waals surface area (Å²) in [6.45, 7) is -0.610. The second kappa shape index (κ2) is 9.63. The number of nitro benzene ring substituents is 1. The first-order valence-corrected chi connectivity index (χ1v) is 10.4. The van der Waals surface area contributed by atoms with E-state index >= 15 is 0 Å². The zero-order chi connectivity index (χ0) is 25.1. The number of carbonyl (C=O) groups is 4. The molecule has 11 heteroatoms. The van der Waals surface area contributed by atoms with E-state index in [1.54, 1.807) is 30.3 Å². The van der Waals surface area contributed by atoms with Crippen molar-refractivity contribution >= 4 is 29.2 Å². The van der Waals surface area contributed by atoms with Crippen molar-refractivity contribution in [3.05, 3.63) is 111 Å². The zero-order valence-corrected chi connectivity index (χ0v) is 18.1. The van der Waals surface area contributed by atoms with Gasteiger partial charge in [0.15, 0.2) is 5.78 Å². The van der Waals surface area contributed by atoms with Crippen LogP contribution >= 0.6 is 0 Å². The highest BCUT2D eigenvalue weighted by atomic mass is 16.6. The van der Waals surface area contributed by atoms with Crippen molar-refractivity contribution in [3.63, 3.8) is 0 Å². The number of nitrogens with one attached hydrogen (secondary N) is 2. The fourth-order valence-corrected chi connectivity index (χ4v) is 3.87. The fourth-order valence-electron chi connectivity index (χ4n) is 3.87. The predicted molar refractivity (Wildman–Crippen MR) is 123 cm³/mol. The van der Waals surface area contributed by atoms with Gasteiger partial charge >= 0.3 is 0 Å². The number of benzene rings is 3. The topological polar surface area (TPSA) is 165 Å². The van der Waals surface area contributed by atoms with Crippen LogP contribution in [0.3, 0.4) is 0 Å². The number of nitro groups is 1. The van der Waals surface area contributed by atoms with Crippen molar-refractivity contribution in [3.8, 4) is 0 Å². The Labute approximate surface area is 198 Å². The van der Waals surface area contributed by atoms with Gasteiger partial charge in [-0.25, -0.2) is 5.43 Å². The maximum atomic E-state index is 13.2. The Bertz CT molecular complexity index is 1320. The lowest BCUT2D eigenvalue weighted by Crippen LogP contribution is -2.47. The molecule has 1 aliphatic heterocycles. The number of nitrogens with two attached hydrogens (primary N) is 1. The average molecular weight is 473 g/mol. The first-order chi connectivity index (χ1) is 16.8. The molecule has 1 atom stereocenters. The predicted octanol–water partition coefficient (Wildman–Crippen LogP) is 1.70. The molecule has 176 valence electrons. The third-order valence-electron chi connectivity index (χ3n) is 5.50. The van der Waals surface area contributed by atoms with Gasteiger partial charge in [0.05, 0.1) is 16.1 Å². The van der Waals surface area contributed by atoms with Gasteiger partial charge in [-0.3, -0.25) is 40.0 Å². The van der Waals surface area contributed by atoms with Gasteiger partial charge in [0.25, 0.3) is 17.5 Å². The normalized spacial score (nSPS) is 13.3. The van der Waals surface area contributed by atoms with E-state index in [-0.39, 0.29) is 27.8 Å². The number of amides is 3. The summed E-state index contributed by atoms with van der Waals surface area (Å²) in [6, 6.07) is 18.1. The smallest absolute Gasteiger partial charge is 0.280 e. The van der Waals surface area contributed by atoms with Gasteiger partial charge in [-0.05, 0) is 12.1 Å². The Kier molecular flexibility index (Phi) is 6.44. The third-order valence-corrected chi connectivity index (χ3v) is 5.50. The molecule has 0 saturated carbocycles. The number of ketones is 1. The lowest BCUT2D eigenvalue weighted by molar-refractivity contribution is -0.385. The van der Waals surface area contributed by atoms with Crippen LogP contribution in [0.1, 0.15) is 48.4 Å². The second-order valence-electron chi connectivity index (χ2n) is 7.60. The first-order valence-electron chi connectivity index (χ1n) is 10.4. The van der Waals surface area contributed by atoms with E-state index in [2.05, 4.69) is 10.7 Å². The number of hydrogen-bond donors (Lipinski definition) is 3. The lowest BCUT2D eigenvalue weighted by atomic mass is 9.95. The number of imide groups is 1. The monoisotopic (exact) mass is 473 g/mol. The molecular formula is C24H19N5O6. The minimum atomic E-state index is -1.24. The van der Waals surface area contributed by atoms with E-state index in [4.69, 9.17) is 5.84 Å². The molecule has 0 spiro atoms. The number of hydrazine groups is 1. The number of hydrogen-bond acceptors (Lipinski definition) is 8. The number of fused-ring (bicyclic) bond motifs is 1. The molecule has 1 heterocycles. The van der Waals surface area contributed by atoms with E-state index in [1.165, 1.54) is 42.5 Å². The van der Waals surface area contributed by atoms with Crippen LogP contribution in [-0.2, 0) is 4.79 Å². The Balaban J connectivity index is 1.62. The Morgan fingerprint density at radius 1 is 0.914 bits per heavy atom. The molecule has 0 fully saturated rings. The van der Waals surface area contributed by atoms with Crippen molar-refractivity contribution in [2.45, 2.75) is 6.17 Å². The Hall–Kier alpha value is -4.74. The quantitative estimate of drug-likeness (QED) is 0.111. The van der Waals surface area contributed by atoms with Crippen LogP contribution in [0, 0.1) is 10.1 Å². The molecule has 1 aliphatic rings. The Morgan fingerprint density at radius 3 is 2.09 bits per heavy atom. The van der Waals surface area contributed by atoms with Gasteiger partial charge in [0, 0.05) is 17.2 Å². The summed E-state index contributed by atoms with van der Waals surface area (Å²) in [7, 11) is 0. The SMILES string of the molecule is NNC(NC(=O)CN1C(=O)c2ccccc2C1=O)c1cccc([N+](=O)[O-])c1C(=O)c1ccccc1. The molecule has 3 aromatic carbocycles. The molecule has 11 nitrogen and oxygen atoms in total. The molecule has 0 aliphatic carbocycles. The van der Waals surface area contributed by atoms with Crippen LogP contribution in [0.25, 0.3) is 0 Å². The molecule has 4 N–H and O–H groups in total. The van der Waals surface area contributed by atoms with Gasteiger partial charge in [-0.2, -0.15) is 0 Å². The standard InChI is InChI=1S/C24H19N5O6/c25-27-22(26-19(30)13-28-23(32)15-9-4-5-10-16(15)24(28)33)17-11-6-12-18(29(34)35)20(17)21(31)14-7-2-1-3-8-14/h1-12,22,27H,13,25H2,(H,26,30). The summed E-state index contributed by atoms with van der Waals surface area (Å²) in [5.41, 5.74) is 2.24. The molecule has 1 unspecified atom stereocenters. The summed E-state index contributed by atoms with van der Waals surface area (Å²) < 4.78 is 0. The summed E-state index contributed by atoms with van der Waals surface area (Å²) in [5.74, 6) is 2.98. The summed E-state index contributed by atoms with van der Waals surface area (Å²) in [6.07, 6.45) is -1.24. The second-order valence-corrected chi connectivity index (χ2v) is 7.60. The molecule has 0 radical (unpaired) electrons. The summed E-state index contributed by atoms with van der Waals surface area (Å²) in [4.78, 5) is 62.9. The molecular weight excluding hydrogens is 454 g/mol. The van der Waals surface area contributed by atoms with Crippen molar-refractivity contribution in [2.75, 3.05) is 6.54 Å². The number of carbonyl (C=O) groups excluding carboxylic acids is 4. The van der Waals surface area contributed by atoms with Crippen molar-refractivity contribution in [1.29, 1.82) is 0 Å². The van der Waals surface area contributed by atoms with Crippen molar-refractivity contribution in [2.24, 2.45) is 5.84 Å². The highest BCUT2D eigenvalue weighted by molar-refractivity contribution is 6.22. The molecule has 4 rings (SSSR count). The first kappa shape index (κ1) is 23.4. The van der Waals surface area contributed by atoms with E-state index in [1.807, 2.05) is 0 Å². The van der Waals surface area contributed by atoms with Gasteiger partial charge in [-0.1, -0.05) is 54.6 Å². The minimum absolute atomic E-state index is 0.0475. The van der Waals surface area contributed by atoms with Crippen LogP contribution in [0.2, 0.25) is 0 Å². The summed E-state index contributed by atoms with van der Waals surface area (Å²) in [5, 5.41) is 14.2. The van der Waals surface area contributed by atoms with E-state index in [9.17, 15) is 29.3 Å². The molecule has 0 saturated heterocycles. The fraction of sp³-hybridized carbons (Fsp3) is 0.0833. The van der Waals surface area contributed by atoms with Gasteiger partial charge < -0.3 is 5.32 Å². The van der Waals surface area contributed by atoms with Crippen LogP contribution in [0.4, 0.5) is 5.69 Å². The van der Waals surface area contributed by atoms with Crippen LogP contribution < -0.4 is 16.6 Å². The maximum absolute atomic E-state index is 13.2. The molecule has 35 heavy (non-hydrogen) atoms. The molecule has 3 aromatic rings. The summed E-state index contributed by atoms with van der Waals surface area (Å²) >= 11 is 0. The van der Waals surface area contributed by atoms with E-state index in [0.29, 0.717) is 0 Å². The van der Waals surface area contributed by atoms with Crippen molar-refractivity contribution in [1.82, 2.24) is 15.6 Å². The van der Waals surface area contributed by atoms with Gasteiger partial charge in [0.1, 0.15) is 18.3 Å². The van der Waals surface area contributed by atoms with Crippen LogP contribution in [0.15, 0.2) is 72.8 Å². The number of nitrogens with zero attached hydrogens (tertiary/aromatic N) is 2. The maximum Gasteiger partial charge on any atom is 0.280 e.